The van der Waals surface area contributed by atoms with Gasteiger partial charge in [0.25, 0.3) is 0 Å². The first-order valence-electron chi connectivity index (χ1n) is 4.12. The Kier molecular flexibility index (Phi) is 5.61. The zero-order valence-corrected chi connectivity index (χ0v) is 10.2. The van der Waals surface area contributed by atoms with Crippen LogP contribution in [0.3, 0.4) is 0 Å². The Labute approximate surface area is 94.3 Å². The van der Waals surface area contributed by atoms with Gasteiger partial charge in [0.05, 0.1) is 0 Å². The predicted octanol–water partition coefficient (Wildman–Crippen LogP) is 3.53. The summed E-state index contributed by atoms with van der Waals surface area (Å²) in [6.07, 6.45) is 0. The highest BCUT2D eigenvalue weighted by Crippen LogP contribution is 2.21. The fourth-order valence-electron chi connectivity index (χ4n) is 1.10. The predicted molar refractivity (Wildman–Crippen MR) is 63.2 cm³/mol. The van der Waals surface area contributed by atoms with Gasteiger partial charge in [-0.1, -0.05) is 41.9 Å². The zero-order valence-electron chi connectivity index (χ0n) is 7.83. The van der Waals surface area contributed by atoms with Crippen LogP contribution in [0.15, 0.2) is 28.7 Å². The van der Waals surface area contributed by atoms with Crippen molar-refractivity contribution in [1.29, 1.82) is 0 Å². The van der Waals surface area contributed by atoms with Crippen LogP contribution in [0.5, 0.6) is 0 Å². The second-order valence-corrected chi connectivity index (χ2v) is 4.24. The van der Waals surface area contributed by atoms with Crippen LogP contribution in [0.25, 0.3) is 0 Å². The molecule has 0 amide bonds. The lowest BCUT2D eigenvalue weighted by molar-refractivity contribution is 0.514. The average Bonchev–Trinajstić information content (AvgIpc) is 2.03. The Balaban J connectivity index is 0.00000144. The molecule has 1 nitrogen and oxygen atoms in total. The first-order chi connectivity index (χ1) is 5.61. The van der Waals surface area contributed by atoms with E-state index in [1.54, 1.807) is 0 Å². The summed E-state index contributed by atoms with van der Waals surface area (Å²) in [4.78, 5) is 0. The van der Waals surface area contributed by atoms with Crippen molar-refractivity contribution in [3.8, 4) is 0 Å². The Morgan fingerprint density at radius 3 is 2.38 bits per heavy atom. The second-order valence-electron chi connectivity index (χ2n) is 3.32. The molecule has 0 unspecified atom stereocenters. The number of nitrogens with two attached hydrogens (primary N) is 1. The van der Waals surface area contributed by atoms with Crippen molar-refractivity contribution >= 4 is 28.3 Å². The largest absolute Gasteiger partial charge is 0.324 e. The molecular weight excluding hydrogens is 249 g/mol. The maximum Gasteiger partial charge on any atom is 0.0318 e. The maximum absolute atomic E-state index is 5.99. The van der Waals surface area contributed by atoms with Gasteiger partial charge in [-0.2, -0.15) is 0 Å². The lowest BCUT2D eigenvalue weighted by Gasteiger charge is -2.15. The molecule has 1 rings (SSSR count). The van der Waals surface area contributed by atoms with Gasteiger partial charge in [0.1, 0.15) is 0 Å². The van der Waals surface area contributed by atoms with Crippen molar-refractivity contribution in [1.82, 2.24) is 0 Å². The van der Waals surface area contributed by atoms with Gasteiger partial charge >= 0.3 is 0 Å². The van der Waals surface area contributed by atoms with Crippen LogP contribution in [0.2, 0.25) is 0 Å². The fraction of sp³-hybridized carbons (Fsp3) is 0.400. The Morgan fingerprint density at radius 1 is 1.31 bits per heavy atom. The van der Waals surface area contributed by atoms with Crippen molar-refractivity contribution in [3.63, 3.8) is 0 Å². The Morgan fingerprint density at radius 2 is 1.92 bits per heavy atom. The van der Waals surface area contributed by atoms with Crippen LogP contribution in [-0.2, 0) is 0 Å². The number of rotatable bonds is 2. The third-order valence-electron chi connectivity index (χ3n) is 1.95. The third kappa shape index (κ3) is 3.67. The molecule has 1 atom stereocenters. The molecule has 3 heteroatoms. The summed E-state index contributed by atoms with van der Waals surface area (Å²) < 4.78 is 1.09. The van der Waals surface area contributed by atoms with E-state index in [9.17, 15) is 0 Å². The molecular formula is C10H15BrClN. The molecule has 0 radical (unpaired) electrons. The molecule has 0 saturated heterocycles. The van der Waals surface area contributed by atoms with Gasteiger partial charge in [-0.3, -0.25) is 0 Å². The van der Waals surface area contributed by atoms with E-state index < -0.39 is 0 Å². The van der Waals surface area contributed by atoms with Gasteiger partial charge in [-0.15, -0.1) is 12.4 Å². The molecule has 2 N–H and O–H groups in total. The standard InChI is InChI=1S/C10H14BrN.ClH/c1-7(2)10(12)8-4-3-5-9(11)6-8;/h3-7,10H,12H2,1-2H3;1H/t10-;/m0./s1. The van der Waals surface area contributed by atoms with E-state index >= 15 is 0 Å². The normalized spacial score (nSPS) is 12.4. The molecule has 0 fully saturated rings. The third-order valence-corrected chi connectivity index (χ3v) is 2.45. The number of hydrogen-bond donors (Lipinski definition) is 1. The van der Waals surface area contributed by atoms with Crippen LogP contribution in [0.1, 0.15) is 25.5 Å². The van der Waals surface area contributed by atoms with Gasteiger partial charge < -0.3 is 5.73 Å². The van der Waals surface area contributed by atoms with E-state index in [0.717, 1.165) is 4.47 Å². The summed E-state index contributed by atoms with van der Waals surface area (Å²) in [5.74, 6) is 0.485. The van der Waals surface area contributed by atoms with Gasteiger partial charge in [-0.05, 0) is 23.6 Å². The van der Waals surface area contributed by atoms with Crippen molar-refractivity contribution in [2.24, 2.45) is 11.7 Å². The van der Waals surface area contributed by atoms with Crippen LogP contribution >= 0.6 is 28.3 Å². The summed E-state index contributed by atoms with van der Waals surface area (Å²) >= 11 is 3.42. The van der Waals surface area contributed by atoms with Crippen molar-refractivity contribution in [3.05, 3.63) is 34.3 Å². The molecule has 0 spiro atoms. The molecule has 0 aliphatic carbocycles. The summed E-state index contributed by atoms with van der Waals surface area (Å²) in [5, 5.41) is 0. The highest BCUT2D eigenvalue weighted by Gasteiger charge is 2.09. The second kappa shape index (κ2) is 5.63. The molecule has 74 valence electrons. The number of benzene rings is 1. The highest BCUT2D eigenvalue weighted by atomic mass is 79.9. The summed E-state index contributed by atoms with van der Waals surface area (Å²) in [6, 6.07) is 8.31. The maximum atomic E-state index is 5.99. The molecule has 1 aromatic rings. The van der Waals surface area contributed by atoms with Gasteiger partial charge in [0, 0.05) is 10.5 Å². The molecule has 1 aromatic carbocycles. The average molecular weight is 265 g/mol. The Bertz CT molecular complexity index is 263. The number of halogens is 2. The summed E-state index contributed by atoms with van der Waals surface area (Å²) in [6.45, 7) is 4.26. The SMILES string of the molecule is CC(C)[C@H](N)c1cccc(Br)c1.Cl. The lowest BCUT2D eigenvalue weighted by atomic mass is 9.97. The van der Waals surface area contributed by atoms with E-state index in [4.69, 9.17) is 5.73 Å². The number of hydrogen-bond acceptors (Lipinski definition) is 1. The lowest BCUT2D eigenvalue weighted by Crippen LogP contribution is -2.16. The van der Waals surface area contributed by atoms with Crippen molar-refractivity contribution in [2.45, 2.75) is 19.9 Å². The first kappa shape index (κ1) is 12.9. The minimum absolute atomic E-state index is 0. The zero-order chi connectivity index (χ0) is 9.14. The van der Waals surface area contributed by atoms with E-state index in [1.807, 2.05) is 12.1 Å². The fourth-order valence-corrected chi connectivity index (χ4v) is 1.52. The Hall–Kier alpha value is -0.0500. The minimum atomic E-state index is 0. The molecule has 0 aromatic heterocycles. The minimum Gasteiger partial charge on any atom is -0.324 e. The molecule has 13 heavy (non-hydrogen) atoms. The van der Waals surface area contributed by atoms with Gasteiger partial charge in [0.2, 0.25) is 0 Å². The van der Waals surface area contributed by atoms with E-state index in [-0.39, 0.29) is 18.4 Å². The van der Waals surface area contributed by atoms with Crippen LogP contribution in [0.4, 0.5) is 0 Å². The van der Waals surface area contributed by atoms with Gasteiger partial charge in [-0.25, -0.2) is 0 Å². The molecule has 0 aliphatic heterocycles. The molecule has 0 aliphatic rings. The van der Waals surface area contributed by atoms with Crippen LogP contribution in [-0.4, -0.2) is 0 Å². The van der Waals surface area contributed by atoms with Crippen LogP contribution in [0, 0.1) is 5.92 Å². The van der Waals surface area contributed by atoms with Gasteiger partial charge in [0.15, 0.2) is 0 Å². The van der Waals surface area contributed by atoms with E-state index in [2.05, 4.69) is 41.9 Å². The first-order valence-corrected chi connectivity index (χ1v) is 4.91. The smallest absolute Gasteiger partial charge is 0.0318 e. The van der Waals surface area contributed by atoms with E-state index in [1.165, 1.54) is 5.56 Å². The van der Waals surface area contributed by atoms with Crippen molar-refractivity contribution < 1.29 is 0 Å². The molecule has 0 saturated carbocycles. The van der Waals surface area contributed by atoms with Crippen LogP contribution < -0.4 is 5.73 Å². The monoisotopic (exact) mass is 263 g/mol. The van der Waals surface area contributed by atoms with E-state index in [0.29, 0.717) is 5.92 Å². The molecule has 0 heterocycles. The highest BCUT2D eigenvalue weighted by molar-refractivity contribution is 9.10. The van der Waals surface area contributed by atoms with Crippen molar-refractivity contribution in [2.75, 3.05) is 0 Å². The summed E-state index contributed by atoms with van der Waals surface area (Å²) in [5.41, 5.74) is 7.18. The quantitative estimate of drug-likeness (QED) is 0.869. The molecule has 0 bridgehead atoms. The topological polar surface area (TPSA) is 26.0 Å². The summed E-state index contributed by atoms with van der Waals surface area (Å²) in [7, 11) is 0.